The summed E-state index contributed by atoms with van der Waals surface area (Å²) in [5.41, 5.74) is 1.36. The molecule has 0 bridgehead atoms. The second-order valence-electron chi connectivity index (χ2n) is 8.55. The molecule has 4 rings (SSSR count). The molecular formula is C24H29NO3S. The van der Waals surface area contributed by atoms with Crippen LogP contribution in [-0.4, -0.2) is 31.8 Å². The second-order valence-corrected chi connectivity index (χ2v) is 10.5. The maximum absolute atomic E-state index is 13.2. The van der Waals surface area contributed by atoms with Crippen molar-refractivity contribution in [3.8, 4) is 0 Å². The van der Waals surface area contributed by atoms with Gasteiger partial charge in [0.1, 0.15) is 0 Å². The number of fused-ring (bicyclic) bond motifs is 1. The lowest BCUT2D eigenvalue weighted by Crippen LogP contribution is -2.52. The molecule has 0 aromatic heterocycles. The maximum atomic E-state index is 13.2. The number of carbonyl (C=O) groups is 1. The maximum Gasteiger partial charge on any atom is 0.254 e. The molecular weight excluding hydrogens is 382 g/mol. The highest BCUT2D eigenvalue weighted by Gasteiger charge is 2.39. The molecule has 2 aromatic carbocycles. The fourth-order valence-corrected chi connectivity index (χ4v) is 6.38. The Hall–Kier alpha value is -2.14. The van der Waals surface area contributed by atoms with E-state index in [0.29, 0.717) is 33.9 Å². The van der Waals surface area contributed by atoms with Crippen LogP contribution in [-0.2, 0) is 15.6 Å². The number of amides is 1. The first-order chi connectivity index (χ1) is 14.0. The van der Waals surface area contributed by atoms with E-state index in [2.05, 4.69) is 11.8 Å². The Bertz CT molecular complexity index is 953. The number of benzene rings is 2. The standard InChI is InChI=1S/C24H29NO3S/c1-18-15-16-25(23-10-6-5-9-22(18)23)24(26)20-13-11-19(12-14-20)17-29(27,28)21-7-3-2-4-8-21/h2-4,7-8,11-14,18,22-23H,5-6,9-10,15-17H2,1H3/t18-,22+,23-/m1/s1. The first-order valence-corrected chi connectivity index (χ1v) is 12.3. The molecule has 0 N–H and O–H groups in total. The normalized spacial score (nSPS) is 24.7. The van der Waals surface area contributed by atoms with Gasteiger partial charge in [0.05, 0.1) is 10.6 Å². The molecule has 1 heterocycles. The van der Waals surface area contributed by atoms with Crippen LogP contribution in [0.5, 0.6) is 0 Å². The van der Waals surface area contributed by atoms with Gasteiger partial charge in [-0.15, -0.1) is 0 Å². The highest BCUT2D eigenvalue weighted by atomic mass is 32.2. The van der Waals surface area contributed by atoms with Crippen molar-refractivity contribution in [3.05, 3.63) is 65.7 Å². The van der Waals surface area contributed by atoms with Gasteiger partial charge < -0.3 is 4.90 Å². The van der Waals surface area contributed by atoms with Gasteiger partial charge in [-0.25, -0.2) is 8.42 Å². The van der Waals surface area contributed by atoms with E-state index in [9.17, 15) is 13.2 Å². The minimum Gasteiger partial charge on any atom is -0.335 e. The van der Waals surface area contributed by atoms with Gasteiger partial charge in [-0.3, -0.25) is 4.79 Å². The van der Waals surface area contributed by atoms with E-state index < -0.39 is 9.84 Å². The molecule has 0 radical (unpaired) electrons. The predicted molar refractivity (Wildman–Crippen MR) is 114 cm³/mol. The van der Waals surface area contributed by atoms with Gasteiger partial charge >= 0.3 is 0 Å². The van der Waals surface area contributed by atoms with Crippen LogP contribution >= 0.6 is 0 Å². The SMILES string of the molecule is C[C@@H]1CCN(C(=O)c2ccc(CS(=O)(=O)c3ccccc3)cc2)[C@@H]2CCCC[C@@H]12. The van der Waals surface area contributed by atoms with Crippen LogP contribution in [0.3, 0.4) is 0 Å². The Morgan fingerprint density at radius 3 is 2.38 bits per heavy atom. The highest BCUT2D eigenvalue weighted by Crippen LogP contribution is 2.39. The van der Waals surface area contributed by atoms with E-state index in [1.165, 1.54) is 19.3 Å². The van der Waals surface area contributed by atoms with Crippen molar-refractivity contribution in [2.45, 2.75) is 55.7 Å². The van der Waals surface area contributed by atoms with E-state index in [-0.39, 0.29) is 11.7 Å². The summed E-state index contributed by atoms with van der Waals surface area (Å²) >= 11 is 0. The van der Waals surface area contributed by atoms with Crippen LogP contribution < -0.4 is 0 Å². The van der Waals surface area contributed by atoms with Crippen LogP contribution in [0.15, 0.2) is 59.5 Å². The molecule has 1 amide bonds. The lowest BCUT2D eigenvalue weighted by molar-refractivity contribution is 0.0218. The van der Waals surface area contributed by atoms with Gasteiger partial charge in [-0.2, -0.15) is 0 Å². The molecule has 2 fully saturated rings. The van der Waals surface area contributed by atoms with Crippen LogP contribution in [0.1, 0.15) is 54.9 Å². The van der Waals surface area contributed by atoms with E-state index in [0.717, 1.165) is 19.4 Å². The molecule has 2 aromatic rings. The summed E-state index contributed by atoms with van der Waals surface area (Å²) in [7, 11) is -3.38. The van der Waals surface area contributed by atoms with Crippen LogP contribution in [0.2, 0.25) is 0 Å². The first kappa shape index (κ1) is 20.1. The zero-order valence-electron chi connectivity index (χ0n) is 17.0. The number of likely N-dealkylation sites (tertiary alicyclic amines) is 1. The minimum absolute atomic E-state index is 0.0581. The quantitative estimate of drug-likeness (QED) is 0.733. The van der Waals surface area contributed by atoms with E-state index in [1.807, 2.05) is 0 Å². The lowest BCUT2D eigenvalue weighted by atomic mass is 9.72. The number of hydrogen-bond donors (Lipinski definition) is 0. The highest BCUT2D eigenvalue weighted by molar-refractivity contribution is 7.90. The van der Waals surface area contributed by atoms with Crippen molar-refractivity contribution < 1.29 is 13.2 Å². The third kappa shape index (κ3) is 4.25. The smallest absolute Gasteiger partial charge is 0.254 e. The Balaban J connectivity index is 1.48. The predicted octanol–water partition coefficient (Wildman–Crippen LogP) is 4.70. The number of rotatable bonds is 4. The average Bonchev–Trinajstić information content (AvgIpc) is 2.75. The summed E-state index contributed by atoms with van der Waals surface area (Å²) in [6.45, 7) is 3.15. The third-order valence-electron chi connectivity index (χ3n) is 6.66. The van der Waals surface area contributed by atoms with Gasteiger partial charge in [0.15, 0.2) is 9.84 Å². The molecule has 5 heteroatoms. The van der Waals surface area contributed by atoms with E-state index >= 15 is 0 Å². The Morgan fingerprint density at radius 1 is 0.966 bits per heavy atom. The Morgan fingerprint density at radius 2 is 1.66 bits per heavy atom. The number of nitrogens with zero attached hydrogens (tertiary/aromatic N) is 1. The van der Waals surface area contributed by atoms with Crippen molar-refractivity contribution in [1.29, 1.82) is 0 Å². The second kappa shape index (κ2) is 8.31. The zero-order chi connectivity index (χ0) is 20.4. The molecule has 29 heavy (non-hydrogen) atoms. The molecule has 1 saturated carbocycles. The monoisotopic (exact) mass is 411 g/mol. The average molecular weight is 412 g/mol. The fraction of sp³-hybridized carbons (Fsp3) is 0.458. The molecule has 1 aliphatic heterocycles. The van der Waals surface area contributed by atoms with E-state index in [1.54, 1.807) is 54.6 Å². The lowest BCUT2D eigenvalue weighted by Gasteiger charge is -2.47. The van der Waals surface area contributed by atoms with Crippen LogP contribution in [0.4, 0.5) is 0 Å². The van der Waals surface area contributed by atoms with Gasteiger partial charge in [0.2, 0.25) is 0 Å². The Labute approximate surface area is 173 Å². The van der Waals surface area contributed by atoms with Gasteiger partial charge in [0, 0.05) is 18.2 Å². The summed E-state index contributed by atoms with van der Waals surface area (Å²) in [5.74, 6) is 1.34. The number of sulfone groups is 1. The molecule has 0 unspecified atom stereocenters. The van der Waals surface area contributed by atoms with Gasteiger partial charge in [0.25, 0.3) is 5.91 Å². The molecule has 154 valence electrons. The third-order valence-corrected chi connectivity index (χ3v) is 8.36. The topological polar surface area (TPSA) is 54.5 Å². The van der Waals surface area contributed by atoms with Gasteiger partial charge in [-0.05, 0) is 60.9 Å². The van der Waals surface area contributed by atoms with Crippen molar-refractivity contribution in [3.63, 3.8) is 0 Å². The minimum atomic E-state index is -3.38. The molecule has 3 atom stereocenters. The summed E-state index contributed by atoms with van der Waals surface area (Å²) in [6.07, 6.45) is 5.88. The van der Waals surface area contributed by atoms with Crippen molar-refractivity contribution in [2.75, 3.05) is 6.54 Å². The number of piperidine rings is 1. The summed E-state index contributed by atoms with van der Waals surface area (Å²) in [6, 6.07) is 16.0. The van der Waals surface area contributed by atoms with E-state index in [4.69, 9.17) is 0 Å². The first-order valence-electron chi connectivity index (χ1n) is 10.6. The molecule has 0 spiro atoms. The summed E-state index contributed by atoms with van der Waals surface area (Å²) in [5, 5.41) is 0. The molecule has 4 nitrogen and oxygen atoms in total. The summed E-state index contributed by atoms with van der Waals surface area (Å²) in [4.78, 5) is 15.6. The molecule has 2 aliphatic rings. The van der Waals surface area contributed by atoms with Gasteiger partial charge in [-0.1, -0.05) is 50.1 Å². The largest absolute Gasteiger partial charge is 0.335 e. The van der Waals surface area contributed by atoms with Crippen molar-refractivity contribution >= 4 is 15.7 Å². The number of carbonyl (C=O) groups excluding carboxylic acids is 1. The molecule has 1 saturated heterocycles. The van der Waals surface area contributed by atoms with Crippen molar-refractivity contribution in [1.82, 2.24) is 4.90 Å². The van der Waals surface area contributed by atoms with Crippen LogP contribution in [0.25, 0.3) is 0 Å². The molecule has 1 aliphatic carbocycles. The zero-order valence-corrected chi connectivity index (χ0v) is 17.8. The number of hydrogen-bond acceptors (Lipinski definition) is 3. The van der Waals surface area contributed by atoms with Crippen LogP contribution in [0, 0.1) is 11.8 Å². The summed E-state index contributed by atoms with van der Waals surface area (Å²) < 4.78 is 25.2. The van der Waals surface area contributed by atoms with Crippen molar-refractivity contribution in [2.24, 2.45) is 11.8 Å². The fourth-order valence-electron chi connectivity index (χ4n) is 5.01. The Kier molecular flexibility index (Phi) is 5.77.